The Kier molecular flexibility index (Phi) is 5.05. The van der Waals surface area contributed by atoms with Crippen LogP contribution < -0.4 is 5.32 Å². The minimum atomic E-state index is 0.715. The van der Waals surface area contributed by atoms with Crippen LogP contribution in [0, 0.1) is 11.8 Å². The maximum absolute atomic E-state index is 3.48. The van der Waals surface area contributed by atoms with Gasteiger partial charge in [0.2, 0.25) is 0 Å². The van der Waals surface area contributed by atoms with E-state index in [0.717, 1.165) is 17.9 Å². The molecule has 2 rings (SSSR count). The number of hydrogen-bond acceptors (Lipinski definition) is 3. The molecule has 18 heavy (non-hydrogen) atoms. The van der Waals surface area contributed by atoms with Gasteiger partial charge in [-0.3, -0.25) is 4.90 Å². The van der Waals surface area contributed by atoms with Gasteiger partial charge in [0.25, 0.3) is 0 Å². The van der Waals surface area contributed by atoms with E-state index in [-0.39, 0.29) is 0 Å². The Bertz CT molecular complexity index is 256. The van der Waals surface area contributed by atoms with Gasteiger partial charge in [-0.05, 0) is 58.3 Å². The third-order valence-corrected chi connectivity index (χ3v) is 5.38. The lowest BCUT2D eigenvalue weighted by atomic mass is 9.86. The first-order valence-electron chi connectivity index (χ1n) is 7.79. The summed E-state index contributed by atoms with van der Waals surface area (Å²) in [5.74, 6) is 1.68. The van der Waals surface area contributed by atoms with Crippen molar-refractivity contribution >= 4 is 0 Å². The highest BCUT2D eigenvalue weighted by atomic mass is 15.2. The molecule has 2 saturated heterocycles. The fourth-order valence-electron chi connectivity index (χ4n) is 3.79. The summed E-state index contributed by atoms with van der Waals surface area (Å²) < 4.78 is 0. The molecule has 0 saturated carbocycles. The number of nitrogens with zero attached hydrogens (tertiary/aromatic N) is 2. The van der Waals surface area contributed by atoms with E-state index >= 15 is 0 Å². The number of piperidine rings is 1. The van der Waals surface area contributed by atoms with Gasteiger partial charge < -0.3 is 10.2 Å². The van der Waals surface area contributed by atoms with E-state index in [9.17, 15) is 0 Å². The molecule has 4 atom stereocenters. The topological polar surface area (TPSA) is 18.5 Å². The SMILES string of the molecule is CCN1CCC(CN2CCC(NC)C(C)C2C)C1. The molecule has 0 aromatic rings. The van der Waals surface area contributed by atoms with Gasteiger partial charge in [-0.2, -0.15) is 0 Å². The minimum Gasteiger partial charge on any atom is -0.317 e. The highest BCUT2D eigenvalue weighted by molar-refractivity contribution is 4.89. The Balaban J connectivity index is 1.83. The smallest absolute Gasteiger partial charge is 0.0117 e. The van der Waals surface area contributed by atoms with Crippen LogP contribution in [0.1, 0.15) is 33.6 Å². The molecular weight excluding hydrogens is 222 g/mol. The monoisotopic (exact) mass is 253 g/mol. The minimum absolute atomic E-state index is 0.715. The maximum Gasteiger partial charge on any atom is 0.0117 e. The van der Waals surface area contributed by atoms with Crippen LogP contribution >= 0.6 is 0 Å². The van der Waals surface area contributed by atoms with Crippen molar-refractivity contribution in [2.75, 3.05) is 39.8 Å². The van der Waals surface area contributed by atoms with Crippen LogP contribution in [-0.4, -0.2) is 61.7 Å². The Hall–Kier alpha value is -0.120. The van der Waals surface area contributed by atoms with Crippen molar-refractivity contribution in [3.63, 3.8) is 0 Å². The summed E-state index contributed by atoms with van der Waals surface area (Å²) in [6.07, 6.45) is 2.72. The first kappa shape index (κ1) is 14.3. The van der Waals surface area contributed by atoms with Crippen molar-refractivity contribution in [3.8, 4) is 0 Å². The van der Waals surface area contributed by atoms with Crippen molar-refractivity contribution in [3.05, 3.63) is 0 Å². The van der Waals surface area contributed by atoms with Crippen molar-refractivity contribution in [1.29, 1.82) is 0 Å². The van der Waals surface area contributed by atoms with Crippen LogP contribution in [0.4, 0.5) is 0 Å². The molecule has 0 aromatic carbocycles. The Labute approximate surface area is 113 Å². The summed E-state index contributed by atoms with van der Waals surface area (Å²) in [7, 11) is 2.11. The normalized spacial score (nSPS) is 39.3. The van der Waals surface area contributed by atoms with E-state index in [0.29, 0.717) is 6.04 Å². The molecule has 2 aliphatic heterocycles. The molecule has 0 spiro atoms. The molecule has 3 heteroatoms. The van der Waals surface area contributed by atoms with E-state index in [4.69, 9.17) is 0 Å². The van der Waals surface area contributed by atoms with Gasteiger partial charge in [0, 0.05) is 25.2 Å². The third kappa shape index (κ3) is 3.06. The molecule has 2 heterocycles. The van der Waals surface area contributed by atoms with Crippen molar-refractivity contribution in [1.82, 2.24) is 15.1 Å². The average molecular weight is 253 g/mol. The number of likely N-dealkylation sites (tertiary alicyclic amines) is 2. The number of rotatable bonds is 4. The van der Waals surface area contributed by atoms with Crippen molar-refractivity contribution in [2.45, 2.75) is 45.7 Å². The van der Waals surface area contributed by atoms with Crippen molar-refractivity contribution < 1.29 is 0 Å². The molecular formula is C15H31N3. The first-order valence-corrected chi connectivity index (χ1v) is 7.79. The lowest BCUT2D eigenvalue weighted by molar-refractivity contribution is 0.0735. The second kappa shape index (κ2) is 6.36. The van der Waals surface area contributed by atoms with E-state index in [1.807, 2.05) is 0 Å². The third-order valence-electron chi connectivity index (χ3n) is 5.38. The summed E-state index contributed by atoms with van der Waals surface area (Å²) in [5.41, 5.74) is 0. The van der Waals surface area contributed by atoms with Gasteiger partial charge in [0.1, 0.15) is 0 Å². The highest BCUT2D eigenvalue weighted by Crippen LogP contribution is 2.26. The second-order valence-corrected chi connectivity index (χ2v) is 6.33. The quantitative estimate of drug-likeness (QED) is 0.822. The van der Waals surface area contributed by atoms with Crippen LogP contribution in [0.25, 0.3) is 0 Å². The zero-order valence-corrected chi connectivity index (χ0v) is 12.7. The van der Waals surface area contributed by atoms with Crippen LogP contribution in [-0.2, 0) is 0 Å². The maximum atomic E-state index is 3.48. The fourth-order valence-corrected chi connectivity index (χ4v) is 3.79. The Morgan fingerprint density at radius 1 is 1.17 bits per heavy atom. The zero-order valence-electron chi connectivity index (χ0n) is 12.7. The van der Waals surface area contributed by atoms with Gasteiger partial charge in [-0.25, -0.2) is 0 Å². The summed E-state index contributed by atoms with van der Waals surface area (Å²) in [6, 6.07) is 1.44. The second-order valence-electron chi connectivity index (χ2n) is 6.33. The van der Waals surface area contributed by atoms with Crippen LogP contribution in [0.2, 0.25) is 0 Å². The Morgan fingerprint density at radius 2 is 1.94 bits per heavy atom. The predicted molar refractivity (Wildman–Crippen MR) is 77.9 cm³/mol. The molecule has 0 bridgehead atoms. The average Bonchev–Trinajstić information content (AvgIpc) is 2.83. The van der Waals surface area contributed by atoms with Crippen LogP contribution in [0.15, 0.2) is 0 Å². The highest BCUT2D eigenvalue weighted by Gasteiger charge is 2.33. The van der Waals surface area contributed by atoms with Gasteiger partial charge in [-0.1, -0.05) is 13.8 Å². The molecule has 3 nitrogen and oxygen atoms in total. The molecule has 2 aliphatic rings. The molecule has 0 amide bonds. The largest absolute Gasteiger partial charge is 0.317 e. The number of nitrogens with one attached hydrogen (secondary N) is 1. The molecule has 0 aliphatic carbocycles. The summed E-state index contributed by atoms with van der Waals surface area (Å²) in [4.78, 5) is 5.33. The van der Waals surface area contributed by atoms with Gasteiger partial charge in [0.15, 0.2) is 0 Å². The molecule has 2 fully saturated rings. The van der Waals surface area contributed by atoms with Crippen LogP contribution in [0.5, 0.6) is 0 Å². The van der Waals surface area contributed by atoms with E-state index in [1.54, 1.807) is 0 Å². The lowest BCUT2D eigenvalue weighted by Crippen LogP contribution is -2.53. The van der Waals surface area contributed by atoms with Gasteiger partial charge in [0.05, 0.1) is 0 Å². The van der Waals surface area contributed by atoms with Crippen LogP contribution in [0.3, 0.4) is 0 Å². The molecule has 106 valence electrons. The molecule has 4 unspecified atom stereocenters. The van der Waals surface area contributed by atoms with Gasteiger partial charge >= 0.3 is 0 Å². The predicted octanol–water partition coefficient (Wildman–Crippen LogP) is 1.65. The fraction of sp³-hybridized carbons (Fsp3) is 1.00. The molecule has 1 N–H and O–H groups in total. The van der Waals surface area contributed by atoms with Crippen molar-refractivity contribution in [2.24, 2.45) is 11.8 Å². The standard InChI is InChI=1S/C15H31N3/c1-5-17-8-6-14(10-17)11-18-9-7-15(16-4)12(2)13(18)3/h12-16H,5-11H2,1-4H3. The van der Waals surface area contributed by atoms with E-state index in [2.05, 4.69) is 42.9 Å². The van der Waals surface area contributed by atoms with E-state index < -0.39 is 0 Å². The first-order chi connectivity index (χ1) is 8.65. The summed E-state index contributed by atoms with van der Waals surface area (Å²) in [6.45, 7) is 13.6. The Morgan fingerprint density at radius 3 is 2.56 bits per heavy atom. The zero-order chi connectivity index (χ0) is 13.1. The lowest BCUT2D eigenvalue weighted by Gasteiger charge is -2.43. The molecule has 0 aromatic heterocycles. The van der Waals surface area contributed by atoms with E-state index in [1.165, 1.54) is 45.6 Å². The molecule has 0 radical (unpaired) electrons. The number of hydrogen-bond donors (Lipinski definition) is 1. The van der Waals surface area contributed by atoms with Gasteiger partial charge in [-0.15, -0.1) is 0 Å². The summed E-state index contributed by atoms with van der Waals surface area (Å²) in [5, 5.41) is 3.48. The summed E-state index contributed by atoms with van der Waals surface area (Å²) >= 11 is 0.